The fourth-order valence-corrected chi connectivity index (χ4v) is 6.44. The molecule has 2 amide bonds. The highest BCUT2D eigenvalue weighted by Crippen LogP contribution is 2.43. The highest BCUT2D eigenvalue weighted by molar-refractivity contribution is 6.35. The van der Waals surface area contributed by atoms with Crippen molar-refractivity contribution in [1.82, 2.24) is 0 Å². The third-order valence-electron chi connectivity index (χ3n) is 8.76. The Morgan fingerprint density at radius 2 is 0.896 bits per heavy atom. The van der Waals surface area contributed by atoms with Crippen LogP contribution in [0.2, 0.25) is 0 Å². The van der Waals surface area contributed by atoms with E-state index in [4.69, 9.17) is 0 Å². The van der Waals surface area contributed by atoms with E-state index in [0.717, 1.165) is 6.42 Å². The summed E-state index contributed by atoms with van der Waals surface area (Å²) in [7, 11) is 0. The van der Waals surface area contributed by atoms with Gasteiger partial charge in [0.1, 0.15) is 0 Å². The first-order valence-electron chi connectivity index (χ1n) is 15.7. The molecule has 234 valence electrons. The van der Waals surface area contributed by atoms with E-state index in [1.54, 1.807) is 97.1 Å². The SMILES string of the molecule is CCCCC(=O)Nc1ccc(-c2ccc(NC(=O)c3ccccc3)c3c2C(=O)c2ccccc2C3=O)c2c1C(=O)c1ccccc1C2=O. The smallest absolute Gasteiger partial charge is 0.255 e. The second-order valence-corrected chi connectivity index (χ2v) is 11.7. The van der Waals surface area contributed by atoms with Gasteiger partial charge in [-0.3, -0.25) is 28.8 Å². The first kappa shape index (κ1) is 30.4. The van der Waals surface area contributed by atoms with Crippen LogP contribution in [0.4, 0.5) is 11.4 Å². The van der Waals surface area contributed by atoms with Gasteiger partial charge in [-0.25, -0.2) is 0 Å². The molecule has 0 fully saturated rings. The molecule has 0 heterocycles. The monoisotopic (exact) mass is 632 g/mol. The standard InChI is InChI=1S/C40H28N2O6/c1-2-3-17-31(43)41-29-20-18-23(32-34(29)38(46)27-15-9-7-13-25(27)36(32)44)24-19-21-30(42-40(48)22-11-5-4-6-12-22)35-33(24)37(45)26-14-8-10-16-28(26)39(35)47/h4-16,18-21H,2-3,17H2,1H3,(H,41,43)(H,42,48). The molecule has 7 rings (SSSR count). The molecule has 5 aromatic carbocycles. The molecule has 48 heavy (non-hydrogen) atoms. The number of unbranched alkanes of at least 4 members (excludes halogenated alkanes) is 1. The van der Waals surface area contributed by atoms with E-state index >= 15 is 0 Å². The van der Waals surface area contributed by atoms with Crippen molar-refractivity contribution >= 4 is 46.3 Å². The average Bonchev–Trinajstić information content (AvgIpc) is 3.12. The Morgan fingerprint density at radius 3 is 1.35 bits per heavy atom. The Balaban J connectivity index is 1.46. The van der Waals surface area contributed by atoms with Crippen LogP contribution in [0.1, 0.15) is 100 Å². The van der Waals surface area contributed by atoms with Crippen LogP contribution >= 0.6 is 0 Å². The summed E-state index contributed by atoms with van der Waals surface area (Å²) < 4.78 is 0. The Labute approximate surface area is 275 Å². The molecule has 0 atom stereocenters. The number of fused-ring (bicyclic) bond motifs is 4. The minimum absolute atomic E-state index is 0.00519. The quantitative estimate of drug-likeness (QED) is 0.190. The molecule has 8 heteroatoms. The maximum absolute atomic E-state index is 14.3. The van der Waals surface area contributed by atoms with Crippen LogP contribution in [0.5, 0.6) is 0 Å². The number of hydrogen-bond donors (Lipinski definition) is 2. The number of hydrogen-bond acceptors (Lipinski definition) is 6. The van der Waals surface area contributed by atoms with Gasteiger partial charge in [-0.1, -0.05) is 92.2 Å². The molecule has 0 radical (unpaired) electrons. The lowest BCUT2D eigenvalue weighted by atomic mass is 9.75. The van der Waals surface area contributed by atoms with Crippen molar-refractivity contribution in [3.05, 3.63) is 153 Å². The van der Waals surface area contributed by atoms with E-state index < -0.39 is 29.0 Å². The van der Waals surface area contributed by atoms with Gasteiger partial charge in [0.05, 0.1) is 22.5 Å². The van der Waals surface area contributed by atoms with Crippen LogP contribution < -0.4 is 10.6 Å². The van der Waals surface area contributed by atoms with E-state index in [-0.39, 0.29) is 79.3 Å². The molecule has 0 spiro atoms. The maximum Gasteiger partial charge on any atom is 0.255 e. The highest BCUT2D eigenvalue weighted by atomic mass is 16.2. The molecule has 0 aliphatic heterocycles. The predicted octanol–water partition coefficient (Wildman–Crippen LogP) is 7.29. The van der Waals surface area contributed by atoms with Crippen molar-refractivity contribution in [2.75, 3.05) is 10.6 Å². The normalized spacial score (nSPS) is 12.9. The zero-order valence-corrected chi connectivity index (χ0v) is 25.9. The van der Waals surface area contributed by atoms with Crippen LogP contribution in [0.3, 0.4) is 0 Å². The van der Waals surface area contributed by atoms with Crippen molar-refractivity contribution in [2.45, 2.75) is 26.2 Å². The van der Waals surface area contributed by atoms with Crippen LogP contribution in [-0.2, 0) is 4.79 Å². The van der Waals surface area contributed by atoms with Crippen LogP contribution in [0, 0.1) is 0 Å². The van der Waals surface area contributed by atoms with Crippen LogP contribution in [0.15, 0.2) is 103 Å². The number of benzene rings is 5. The molecule has 0 unspecified atom stereocenters. The second-order valence-electron chi connectivity index (χ2n) is 11.7. The van der Waals surface area contributed by atoms with Gasteiger partial charge >= 0.3 is 0 Å². The van der Waals surface area contributed by atoms with Crippen molar-refractivity contribution in [3.8, 4) is 11.1 Å². The van der Waals surface area contributed by atoms with Crippen molar-refractivity contribution < 1.29 is 28.8 Å². The average molecular weight is 633 g/mol. The lowest BCUT2D eigenvalue weighted by molar-refractivity contribution is -0.116. The summed E-state index contributed by atoms with van der Waals surface area (Å²) in [4.78, 5) is 82.8. The highest BCUT2D eigenvalue weighted by Gasteiger charge is 2.38. The molecular weight excluding hydrogens is 604 g/mol. The van der Waals surface area contributed by atoms with Gasteiger partial charge in [0.25, 0.3) is 5.91 Å². The fourth-order valence-electron chi connectivity index (χ4n) is 6.44. The molecule has 0 bridgehead atoms. The largest absolute Gasteiger partial charge is 0.325 e. The minimum Gasteiger partial charge on any atom is -0.325 e. The summed E-state index contributed by atoms with van der Waals surface area (Å²) in [5, 5.41) is 5.63. The molecule has 2 aliphatic rings. The lowest BCUT2D eigenvalue weighted by Gasteiger charge is -2.26. The van der Waals surface area contributed by atoms with E-state index in [9.17, 15) is 28.8 Å². The van der Waals surface area contributed by atoms with Gasteiger partial charge in [-0.15, -0.1) is 0 Å². The fraction of sp³-hybridized carbons (Fsp3) is 0.100. The van der Waals surface area contributed by atoms with Gasteiger partial charge < -0.3 is 10.6 Å². The Morgan fingerprint density at radius 1 is 0.479 bits per heavy atom. The van der Waals surface area contributed by atoms with Crippen LogP contribution in [0.25, 0.3) is 11.1 Å². The molecule has 2 aliphatic carbocycles. The van der Waals surface area contributed by atoms with E-state index in [1.165, 1.54) is 6.07 Å². The van der Waals surface area contributed by atoms with Crippen LogP contribution in [-0.4, -0.2) is 34.9 Å². The minimum atomic E-state index is -0.470. The number of nitrogens with one attached hydrogen (secondary N) is 2. The van der Waals surface area contributed by atoms with Crippen molar-refractivity contribution in [1.29, 1.82) is 0 Å². The Hall–Kier alpha value is -6.28. The van der Waals surface area contributed by atoms with Gasteiger partial charge in [-0.05, 0) is 41.8 Å². The molecule has 2 N–H and O–H groups in total. The molecule has 5 aromatic rings. The number of carbonyl (C=O) groups is 6. The second kappa shape index (κ2) is 12.1. The summed E-state index contributed by atoms with van der Waals surface area (Å²) in [6, 6.07) is 27.6. The first-order valence-corrected chi connectivity index (χ1v) is 15.7. The zero-order valence-electron chi connectivity index (χ0n) is 25.9. The summed E-state index contributed by atoms with van der Waals surface area (Å²) in [5.41, 5.74) is 1.99. The maximum atomic E-state index is 14.3. The summed E-state index contributed by atoms with van der Waals surface area (Å²) in [6.07, 6.45) is 1.70. The Kier molecular flexibility index (Phi) is 7.69. The molecule has 0 saturated heterocycles. The predicted molar refractivity (Wildman–Crippen MR) is 181 cm³/mol. The topological polar surface area (TPSA) is 126 Å². The Bertz CT molecular complexity index is 2230. The third kappa shape index (κ3) is 4.95. The summed E-state index contributed by atoms with van der Waals surface area (Å²) in [6.45, 7) is 1.96. The van der Waals surface area contributed by atoms with Gasteiger partial charge in [-0.2, -0.15) is 0 Å². The van der Waals surface area contributed by atoms with Crippen molar-refractivity contribution in [2.24, 2.45) is 0 Å². The molecule has 0 aromatic heterocycles. The van der Waals surface area contributed by atoms with E-state index in [0.29, 0.717) is 12.0 Å². The summed E-state index contributed by atoms with van der Waals surface area (Å²) in [5.74, 6) is -2.59. The van der Waals surface area contributed by atoms with Gasteiger partial charge in [0.2, 0.25) is 5.91 Å². The zero-order chi connectivity index (χ0) is 33.5. The first-order chi connectivity index (χ1) is 23.3. The van der Waals surface area contributed by atoms with E-state index in [1.807, 2.05) is 6.92 Å². The summed E-state index contributed by atoms with van der Waals surface area (Å²) >= 11 is 0. The van der Waals surface area contributed by atoms with Gasteiger partial charge in [0.15, 0.2) is 23.1 Å². The van der Waals surface area contributed by atoms with Gasteiger partial charge in [0, 0.05) is 45.4 Å². The molecular formula is C40H28N2O6. The molecule has 8 nitrogen and oxygen atoms in total. The van der Waals surface area contributed by atoms with Crippen molar-refractivity contribution in [3.63, 3.8) is 0 Å². The number of rotatable bonds is 7. The number of ketones is 4. The molecule has 0 saturated carbocycles. The number of amides is 2. The van der Waals surface area contributed by atoms with E-state index in [2.05, 4.69) is 10.6 Å². The number of carbonyl (C=O) groups excluding carboxylic acids is 6. The number of anilines is 2. The third-order valence-corrected chi connectivity index (χ3v) is 8.76. The lowest BCUT2D eigenvalue weighted by Crippen LogP contribution is -2.27.